The number of aryl methyl sites for hydroxylation is 1. The van der Waals surface area contributed by atoms with Crippen LogP contribution in [0.4, 0.5) is 5.69 Å². The molecule has 0 spiro atoms. The number of anilines is 1. The number of fused-ring (bicyclic) bond motifs is 1. The second kappa shape index (κ2) is 10.3. The summed E-state index contributed by atoms with van der Waals surface area (Å²) in [4.78, 5) is 30.0. The highest BCUT2D eigenvalue weighted by Gasteiger charge is 2.17. The number of carbonyl (C=O) groups is 1. The lowest BCUT2D eigenvalue weighted by Crippen LogP contribution is -2.28. The van der Waals surface area contributed by atoms with Gasteiger partial charge in [-0.15, -0.1) is 5.10 Å². The van der Waals surface area contributed by atoms with Crippen LogP contribution in [0.2, 0.25) is 0 Å². The van der Waals surface area contributed by atoms with Crippen LogP contribution < -0.4 is 25.2 Å². The molecule has 1 amide bonds. The van der Waals surface area contributed by atoms with Crippen molar-refractivity contribution < 1.29 is 19.0 Å². The standard InChI is InChI=1S/C25H27N5O5/c1-5-33-18-10-11-21(34-6-2)19(14-18)27-22(31)15-30-25(32)29-13-12-26-24(23(29)28-30)35-20-9-7-8-16(3)17(20)4/h7-14H,5-6,15H2,1-4H3,(H,27,31). The molecule has 182 valence electrons. The van der Waals surface area contributed by atoms with Crippen molar-refractivity contribution in [2.45, 2.75) is 34.2 Å². The Labute approximate surface area is 202 Å². The fourth-order valence-corrected chi connectivity index (χ4v) is 3.51. The van der Waals surface area contributed by atoms with E-state index in [2.05, 4.69) is 15.4 Å². The minimum Gasteiger partial charge on any atom is -0.494 e. The molecule has 2 aromatic heterocycles. The van der Waals surface area contributed by atoms with Crippen molar-refractivity contribution in [2.24, 2.45) is 0 Å². The van der Waals surface area contributed by atoms with Crippen molar-refractivity contribution in [1.82, 2.24) is 19.2 Å². The SMILES string of the molecule is CCOc1ccc(OCC)c(NC(=O)Cn2nc3c(Oc4cccc(C)c4C)nccn3c2=O)c1. The largest absolute Gasteiger partial charge is 0.494 e. The molecule has 0 saturated heterocycles. The predicted octanol–water partition coefficient (Wildman–Crippen LogP) is 3.74. The molecule has 0 aliphatic heterocycles. The third-order valence-corrected chi connectivity index (χ3v) is 5.36. The molecule has 35 heavy (non-hydrogen) atoms. The second-order valence-electron chi connectivity index (χ2n) is 7.74. The summed E-state index contributed by atoms with van der Waals surface area (Å²) < 4.78 is 19.4. The molecule has 0 atom stereocenters. The molecule has 2 aromatic carbocycles. The molecule has 0 unspecified atom stereocenters. The first-order valence-corrected chi connectivity index (χ1v) is 11.3. The molecule has 4 aromatic rings. The van der Waals surface area contributed by atoms with E-state index >= 15 is 0 Å². The van der Waals surface area contributed by atoms with Gasteiger partial charge in [-0.25, -0.2) is 18.9 Å². The molecule has 10 nitrogen and oxygen atoms in total. The van der Waals surface area contributed by atoms with Gasteiger partial charge in [0.1, 0.15) is 23.8 Å². The van der Waals surface area contributed by atoms with Crippen LogP contribution in [-0.4, -0.2) is 38.3 Å². The van der Waals surface area contributed by atoms with Crippen LogP contribution in [0, 0.1) is 13.8 Å². The van der Waals surface area contributed by atoms with E-state index < -0.39 is 11.6 Å². The van der Waals surface area contributed by atoms with Crippen LogP contribution >= 0.6 is 0 Å². The Bertz CT molecular complexity index is 1430. The van der Waals surface area contributed by atoms with Crippen LogP contribution in [0.1, 0.15) is 25.0 Å². The third kappa shape index (κ3) is 5.11. The Hall–Kier alpha value is -4.34. The summed E-state index contributed by atoms with van der Waals surface area (Å²) in [5.41, 5.74) is 2.18. The Morgan fingerprint density at radius 2 is 1.86 bits per heavy atom. The molecule has 2 heterocycles. The zero-order valence-corrected chi connectivity index (χ0v) is 20.1. The van der Waals surface area contributed by atoms with Gasteiger partial charge in [0.05, 0.1) is 18.9 Å². The monoisotopic (exact) mass is 477 g/mol. The maximum Gasteiger partial charge on any atom is 0.351 e. The summed E-state index contributed by atoms with van der Waals surface area (Å²) in [5.74, 6) is 1.43. The van der Waals surface area contributed by atoms with Crippen molar-refractivity contribution in [2.75, 3.05) is 18.5 Å². The Kier molecular flexibility index (Phi) is 7.00. The van der Waals surface area contributed by atoms with E-state index in [1.54, 1.807) is 18.2 Å². The normalized spacial score (nSPS) is 10.9. The number of amides is 1. The maximum atomic E-state index is 12.9. The van der Waals surface area contributed by atoms with E-state index in [4.69, 9.17) is 14.2 Å². The molecule has 0 bridgehead atoms. The molecule has 0 aliphatic carbocycles. The van der Waals surface area contributed by atoms with E-state index in [1.165, 1.54) is 16.8 Å². The summed E-state index contributed by atoms with van der Waals surface area (Å²) >= 11 is 0. The number of benzene rings is 2. The summed E-state index contributed by atoms with van der Waals surface area (Å²) in [6.45, 7) is 8.25. The molecule has 0 aliphatic rings. The van der Waals surface area contributed by atoms with Gasteiger partial charge in [0.15, 0.2) is 0 Å². The molecule has 0 saturated carbocycles. The van der Waals surface area contributed by atoms with E-state index in [0.717, 1.165) is 15.8 Å². The molecule has 4 rings (SSSR count). The number of rotatable bonds is 9. The zero-order chi connectivity index (χ0) is 24.9. The van der Waals surface area contributed by atoms with Crippen molar-refractivity contribution in [1.29, 1.82) is 0 Å². The van der Waals surface area contributed by atoms with Crippen LogP contribution in [0.25, 0.3) is 5.65 Å². The lowest BCUT2D eigenvalue weighted by Gasteiger charge is -2.13. The van der Waals surface area contributed by atoms with Crippen LogP contribution in [0.3, 0.4) is 0 Å². The number of nitrogens with one attached hydrogen (secondary N) is 1. The zero-order valence-electron chi connectivity index (χ0n) is 20.1. The summed E-state index contributed by atoms with van der Waals surface area (Å²) in [7, 11) is 0. The van der Waals surface area contributed by atoms with E-state index in [-0.39, 0.29) is 18.1 Å². The van der Waals surface area contributed by atoms with E-state index in [0.29, 0.717) is 36.1 Å². The first kappa shape index (κ1) is 23.8. The number of ether oxygens (including phenoxy) is 3. The van der Waals surface area contributed by atoms with Gasteiger partial charge in [0.2, 0.25) is 11.6 Å². The van der Waals surface area contributed by atoms with E-state index in [1.807, 2.05) is 45.9 Å². The maximum absolute atomic E-state index is 12.9. The van der Waals surface area contributed by atoms with Crippen molar-refractivity contribution in [3.63, 3.8) is 0 Å². The average Bonchev–Trinajstić information content (AvgIpc) is 3.15. The third-order valence-electron chi connectivity index (χ3n) is 5.36. The fourth-order valence-electron chi connectivity index (χ4n) is 3.51. The molecular weight excluding hydrogens is 450 g/mol. The van der Waals surface area contributed by atoms with Gasteiger partial charge in [0, 0.05) is 18.5 Å². The highest BCUT2D eigenvalue weighted by Crippen LogP contribution is 2.30. The molecule has 1 N–H and O–H groups in total. The quantitative estimate of drug-likeness (QED) is 0.391. The molecule has 0 radical (unpaired) electrons. The van der Waals surface area contributed by atoms with Crippen molar-refractivity contribution in [3.8, 4) is 23.1 Å². The van der Waals surface area contributed by atoms with Gasteiger partial charge >= 0.3 is 5.69 Å². The fraction of sp³-hybridized carbons (Fsp3) is 0.280. The summed E-state index contributed by atoms with van der Waals surface area (Å²) in [6, 6.07) is 10.9. The number of hydrogen-bond donors (Lipinski definition) is 1. The van der Waals surface area contributed by atoms with Crippen LogP contribution in [0.15, 0.2) is 53.6 Å². The lowest BCUT2D eigenvalue weighted by molar-refractivity contribution is -0.117. The lowest BCUT2D eigenvalue weighted by atomic mass is 10.1. The highest BCUT2D eigenvalue weighted by molar-refractivity contribution is 5.92. The number of carbonyl (C=O) groups excluding carboxylic acids is 1. The summed E-state index contributed by atoms with van der Waals surface area (Å²) in [5, 5.41) is 7.09. The second-order valence-corrected chi connectivity index (χ2v) is 7.74. The van der Waals surface area contributed by atoms with E-state index in [9.17, 15) is 9.59 Å². The average molecular weight is 478 g/mol. The molecule has 10 heteroatoms. The molecule has 0 fully saturated rings. The van der Waals surface area contributed by atoms with Crippen molar-refractivity contribution >= 4 is 17.2 Å². The van der Waals surface area contributed by atoms with Gasteiger partial charge in [-0.1, -0.05) is 12.1 Å². The van der Waals surface area contributed by atoms with Crippen LogP contribution in [0.5, 0.6) is 23.1 Å². The Morgan fingerprint density at radius 1 is 1.06 bits per heavy atom. The topological polar surface area (TPSA) is 109 Å². The van der Waals surface area contributed by atoms with Crippen LogP contribution in [-0.2, 0) is 11.3 Å². The van der Waals surface area contributed by atoms with Gasteiger partial charge in [-0.3, -0.25) is 4.79 Å². The van der Waals surface area contributed by atoms with Gasteiger partial charge in [-0.2, -0.15) is 0 Å². The number of nitrogens with zero attached hydrogens (tertiary/aromatic N) is 4. The van der Waals surface area contributed by atoms with Crippen molar-refractivity contribution in [3.05, 3.63) is 70.4 Å². The summed E-state index contributed by atoms with van der Waals surface area (Å²) in [6.07, 6.45) is 2.93. The number of aromatic nitrogens is 4. The first-order valence-electron chi connectivity index (χ1n) is 11.3. The van der Waals surface area contributed by atoms with Gasteiger partial charge < -0.3 is 19.5 Å². The molecular formula is C25H27N5O5. The minimum absolute atomic E-state index is 0.167. The minimum atomic E-state index is -0.489. The number of hydrogen-bond acceptors (Lipinski definition) is 7. The van der Waals surface area contributed by atoms with Gasteiger partial charge in [0.25, 0.3) is 5.88 Å². The first-order chi connectivity index (χ1) is 16.9. The Balaban J connectivity index is 1.60. The highest BCUT2D eigenvalue weighted by atomic mass is 16.5. The Morgan fingerprint density at radius 3 is 2.63 bits per heavy atom. The predicted molar refractivity (Wildman–Crippen MR) is 131 cm³/mol. The smallest absolute Gasteiger partial charge is 0.351 e. The van der Waals surface area contributed by atoms with Gasteiger partial charge in [-0.05, 0) is 57.0 Å².